The maximum Gasteiger partial charge on any atom is 0.238 e. The van der Waals surface area contributed by atoms with E-state index < -0.39 is 5.82 Å². The Hall–Kier alpha value is -1.46. The third-order valence-electron chi connectivity index (χ3n) is 3.38. The van der Waals surface area contributed by atoms with Crippen molar-refractivity contribution < 1.29 is 14.3 Å². The molecular weight excluding hydrogens is 247 g/mol. The minimum Gasteiger partial charge on any atom is -0.396 e. The highest BCUT2D eigenvalue weighted by Crippen LogP contribution is 2.16. The highest BCUT2D eigenvalue weighted by atomic mass is 19.1. The van der Waals surface area contributed by atoms with Gasteiger partial charge < -0.3 is 10.4 Å². The van der Waals surface area contributed by atoms with Gasteiger partial charge in [-0.1, -0.05) is 12.1 Å². The second kappa shape index (κ2) is 6.63. The molecule has 2 rings (SSSR count). The number of amides is 1. The van der Waals surface area contributed by atoms with E-state index in [-0.39, 0.29) is 30.7 Å². The van der Waals surface area contributed by atoms with Gasteiger partial charge >= 0.3 is 0 Å². The molecular formula is C14H19FN2O2. The molecule has 0 bridgehead atoms. The molecule has 1 saturated heterocycles. The quantitative estimate of drug-likeness (QED) is 0.867. The van der Waals surface area contributed by atoms with Crippen LogP contribution in [0.4, 0.5) is 10.1 Å². The Morgan fingerprint density at radius 1 is 1.47 bits per heavy atom. The average molecular weight is 266 g/mol. The van der Waals surface area contributed by atoms with Crippen molar-refractivity contribution in [2.45, 2.75) is 12.8 Å². The first kappa shape index (κ1) is 14.0. The number of halogens is 1. The van der Waals surface area contributed by atoms with Gasteiger partial charge in [-0.15, -0.1) is 0 Å². The molecule has 1 aliphatic rings. The van der Waals surface area contributed by atoms with Gasteiger partial charge in [0.05, 0.1) is 12.2 Å². The van der Waals surface area contributed by atoms with E-state index in [2.05, 4.69) is 5.32 Å². The predicted octanol–water partition coefficient (Wildman–Crippen LogP) is 1.47. The van der Waals surface area contributed by atoms with Crippen LogP contribution in [0.15, 0.2) is 24.3 Å². The lowest BCUT2D eigenvalue weighted by atomic mass is 9.99. The van der Waals surface area contributed by atoms with Gasteiger partial charge in [0.1, 0.15) is 5.82 Å². The summed E-state index contributed by atoms with van der Waals surface area (Å²) >= 11 is 0. The number of hydrogen-bond donors (Lipinski definition) is 2. The minimum absolute atomic E-state index is 0.158. The lowest BCUT2D eigenvalue weighted by molar-refractivity contribution is -0.117. The Morgan fingerprint density at radius 2 is 2.26 bits per heavy atom. The average Bonchev–Trinajstić information content (AvgIpc) is 2.41. The first-order chi connectivity index (χ1) is 9.19. The van der Waals surface area contributed by atoms with Crippen LogP contribution < -0.4 is 5.32 Å². The zero-order valence-electron chi connectivity index (χ0n) is 10.8. The zero-order chi connectivity index (χ0) is 13.7. The van der Waals surface area contributed by atoms with E-state index in [9.17, 15) is 9.18 Å². The van der Waals surface area contributed by atoms with Gasteiger partial charge in [-0.05, 0) is 37.4 Å². The standard InChI is InChI=1S/C14H19FN2O2/c15-12-5-1-2-6-13(12)16-14(19)9-17-7-3-4-11(8-17)10-18/h1-2,5-6,11,18H,3-4,7-10H2,(H,16,19). The molecule has 5 heteroatoms. The summed E-state index contributed by atoms with van der Waals surface area (Å²) in [6, 6.07) is 6.13. The molecule has 1 heterocycles. The molecule has 1 unspecified atom stereocenters. The van der Waals surface area contributed by atoms with Gasteiger partial charge in [0.25, 0.3) is 0 Å². The first-order valence-corrected chi connectivity index (χ1v) is 6.56. The van der Waals surface area contributed by atoms with Crippen LogP contribution in [0.2, 0.25) is 0 Å². The van der Waals surface area contributed by atoms with Crippen molar-refractivity contribution in [2.24, 2.45) is 5.92 Å². The second-order valence-electron chi connectivity index (χ2n) is 4.95. The summed E-state index contributed by atoms with van der Waals surface area (Å²) in [6.45, 7) is 1.97. The van der Waals surface area contributed by atoms with Crippen LogP contribution in [0.3, 0.4) is 0 Å². The molecule has 19 heavy (non-hydrogen) atoms. The largest absolute Gasteiger partial charge is 0.396 e. The number of anilines is 1. The maximum atomic E-state index is 13.4. The lowest BCUT2D eigenvalue weighted by Crippen LogP contribution is -2.41. The van der Waals surface area contributed by atoms with Crippen LogP contribution in [0.1, 0.15) is 12.8 Å². The molecule has 1 aromatic carbocycles. The van der Waals surface area contributed by atoms with E-state index in [1.807, 2.05) is 4.90 Å². The summed E-state index contributed by atoms with van der Waals surface area (Å²) < 4.78 is 13.4. The van der Waals surface area contributed by atoms with Gasteiger partial charge in [0.15, 0.2) is 0 Å². The second-order valence-corrected chi connectivity index (χ2v) is 4.95. The molecule has 1 fully saturated rings. The van der Waals surface area contributed by atoms with Crippen molar-refractivity contribution in [3.8, 4) is 0 Å². The number of likely N-dealkylation sites (tertiary alicyclic amines) is 1. The SMILES string of the molecule is O=C(CN1CCCC(CO)C1)Nc1ccccc1F. The highest BCUT2D eigenvalue weighted by molar-refractivity contribution is 5.92. The van der Waals surface area contributed by atoms with Crippen molar-refractivity contribution in [3.05, 3.63) is 30.1 Å². The van der Waals surface area contributed by atoms with Crippen LogP contribution in [0.25, 0.3) is 0 Å². The van der Waals surface area contributed by atoms with Crippen molar-refractivity contribution in [3.63, 3.8) is 0 Å². The molecule has 4 nitrogen and oxygen atoms in total. The summed E-state index contributed by atoms with van der Waals surface area (Å²) in [5, 5.41) is 11.7. The third-order valence-corrected chi connectivity index (χ3v) is 3.38. The maximum absolute atomic E-state index is 13.4. The van der Waals surface area contributed by atoms with E-state index in [0.717, 1.165) is 25.9 Å². The Morgan fingerprint density at radius 3 is 3.00 bits per heavy atom. The Bertz CT molecular complexity index is 439. The molecule has 1 atom stereocenters. The molecule has 1 aromatic rings. The fourth-order valence-corrected chi connectivity index (χ4v) is 2.40. The van der Waals surface area contributed by atoms with Gasteiger partial charge in [0.2, 0.25) is 5.91 Å². The summed E-state index contributed by atoms with van der Waals surface area (Å²) in [4.78, 5) is 13.8. The highest BCUT2D eigenvalue weighted by Gasteiger charge is 2.21. The minimum atomic E-state index is -0.428. The number of hydrogen-bond acceptors (Lipinski definition) is 3. The van der Waals surface area contributed by atoms with Crippen LogP contribution in [0, 0.1) is 11.7 Å². The lowest BCUT2D eigenvalue weighted by Gasteiger charge is -2.31. The molecule has 0 aromatic heterocycles. The fraction of sp³-hybridized carbons (Fsp3) is 0.500. The number of carbonyl (C=O) groups excluding carboxylic acids is 1. The summed E-state index contributed by atoms with van der Waals surface area (Å²) in [5.41, 5.74) is 0.211. The molecule has 1 aliphatic heterocycles. The predicted molar refractivity (Wildman–Crippen MR) is 71.3 cm³/mol. The van der Waals surface area contributed by atoms with Gasteiger partial charge in [-0.25, -0.2) is 4.39 Å². The smallest absolute Gasteiger partial charge is 0.238 e. The van der Waals surface area contributed by atoms with Crippen molar-refractivity contribution in [2.75, 3.05) is 31.6 Å². The molecule has 1 amide bonds. The van der Waals surface area contributed by atoms with E-state index in [1.54, 1.807) is 18.2 Å². The van der Waals surface area contributed by atoms with E-state index in [0.29, 0.717) is 0 Å². The van der Waals surface area contributed by atoms with Crippen LogP contribution in [-0.4, -0.2) is 42.2 Å². The zero-order valence-corrected chi connectivity index (χ0v) is 10.8. The molecule has 0 saturated carbocycles. The van der Waals surface area contributed by atoms with Crippen molar-refractivity contribution >= 4 is 11.6 Å². The number of para-hydroxylation sites is 1. The molecule has 104 valence electrons. The molecule has 0 spiro atoms. The number of piperidine rings is 1. The summed E-state index contributed by atoms with van der Waals surface area (Å²) in [7, 11) is 0. The van der Waals surface area contributed by atoms with Gasteiger partial charge in [0, 0.05) is 13.2 Å². The van der Waals surface area contributed by atoms with E-state index >= 15 is 0 Å². The Labute approximate surface area is 112 Å². The number of aliphatic hydroxyl groups excluding tert-OH is 1. The monoisotopic (exact) mass is 266 g/mol. The third kappa shape index (κ3) is 4.01. The molecule has 2 N–H and O–H groups in total. The number of benzene rings is 1. The van der Waals surface area contributed by atoms with Crippen molar-refractivity contribution in [1.82, 2.24) is 4.90 Å². The van der Waals surface area contributed by atoms with Crippen LogP contribution >= 0.6 is 0 Å². The molecule has 0 radical (unpaired) electrons. The van der Waals surface area contributed by atoms with Gasteiger partial charge in [-0.2, -0.15) is 0 Å². The van der Waals surface area contributed by atoms with Gasteiger partial charge in [-0.3, -0.25) is 9.69 Å². The molecule has 0 aliphatic carbocycles. The van der Waals surface area contributed by atoms with E-state index in [1.165, 1.54) is 6.07 Å². The number of aliphatic hydroxyl groups is 1. The van der Waals surface area contributed by atoms with Crippen LogP contribution in [0.5, 0.6) is 0 Å². The first-order valence-electron chi connectivity index (χ1n) is 6.56. The van der Waals surface area contributed by atoms with Crippen LogP contribution in [-0.2, 0) is 4.79 Å². The normalized spacial score (nSPS) is 20.2. The fourth-order valence-electron chi connectivity index (χ4n) is 2.40. The topological polar surface area (TPSA) is 52.6 Å². The number of rotatable bonds is 4. The van der Waals surface area contributed by atoms with Crippen molar-refractivity contribution in [1.29, 1.82) is 0 Å². The number of carbonyl (C=O) groups is 1. The van der Waals surface area contributed by atoms with E-state index in [4.69, 9.17) is 5.11 Å². The number of nitrogens with zero attached hydrogens (tertiary/aromatic N) is 1. The Kier molecular flexibility index (Phi) is 4.87. The summed E-state index contributed by atoms with van der Waals surface area (Å²) in [5.74, 6) is -0.401. The number of nitrogens with one attached hydrogen (secondary N) is 1. The Balaban J connectivity index is 1.86. The summed E-state index contributed by atoms with van der Waals surface area (Å²) in [6.07, 6.45) is 1.99.